The third kappa shape index (κ3) is 8.87. The van der Waals surface area contributed by atoms with Gasteiger partial charge in [0.2, 0.25) is 11.8 Å². The van der Waals surface area contributed by atoms with Crippen LogP contribution >= 0.6 is 0 Å². The van der Waals surface area contributed by atoms with Crippen LogP contribution in [-0.2, 0) is 27.3 Å². The largest absolute Gasteiger partial charge is 0.453 e. The first-order valence-electron chi connectivity index (χ1n) is 12.6. The summed E-state index contributed by atoms with van der Waals surface area (Å²) in [5, 5.41) is 4.78. The topological polar surface area (TPSA) is 151 Å². The molecule has 0 aliphatic rings. The quantitative estimate of drug-likeness (QED) is 0.228. The van der Waals surface area contributed by atoms with Crippen molar-refractivity contribution in [2.45, 2.75) is 44.4 Å². The molecule has 16 heteroatoms. The number of benzene rings is 1. The number of nitrogens with one attached hydrogen (secondary N) is 3. The predicted octanol–water partition coefficient (Wildman–Crippen LogP) is 2.89. The summed E-state index contributed by atoms with van der Waals surface area (Å²) in [6, 6.07) is 0.920. The van der Waals surface area contributed by atoms with Crippen LogP contribution in [0.3, 0.4) is 0 Å². The molecule has 0 spiro atoms. The van der Waals surface area contributed by atoms with E-state index in [4.69, 9.17) is 0 Å². The van der Waals surface area contributed by atoms with Crippen LogP contribution in [0.4, 0.5) is 28.0 Å². The fourth-order valence-electron chi connectivity index (χ4n) is 3.84. The van der Waals surface area contributed by atoms with Gasteiger partial charge in [-0.3, -0.25) is 19.0 Å². The van der Waals surface area contributed by atoms with Crippen LogP contribution in [0.15, 0.2) is 41.6 Å². The SMILES string of the molecule is COC(=O)N[C@@H](CC/C=C/C(=O)N(C)C)C(=O)Nc1cncn(Cc2nc3cc(F)cc(CCC(F)(F)F)c3[nH]2)c1=O. The van der Waals surface area contributed by atoms with E-state index in [1.807, 2.05) is 0 Å². The molecule has 0 saturated heterocycles. The molecule has 3 rings (SSSR count). The number of rotatable bonds is 11. The van der Waals surface area contributed by atoms with Crippen molar-refractivity contribution < 1.29 is 36.7 Å². The molecule has 1 aromatic carbocycles. The average Bonchev–Trinajstić information content (AvgIpc) is 3.32. The maximum atomic E-state index is 14.0. The van der Waals surface area contributed by atoms with Gasteiger partial charge in [-0.25, -0.2) is 19.2 Å². The number of aromatic amines is 1. The zero-order chi connectivity index (χ0) is 31.0. The molecule has 0 aliphatic carbocycles. The van der Waals surface area contributed by atoms with Gasteiger partial charge < -0.3 is 25.3 Å². The summed E-state index contributed by atoms with van der Waals surface area (Å²) >= 11 is 0. The average molecular weight is 596 g/mol. The molecule has 2 heterocycles. The third-order valence-electron chi connectivity index (χ3n) is 5.96. The van der Waals surface area contributed by atoms with Gasteiger partial charge in [-0.05, 0) is 37.0 Å². The molecule has 2 aromatic heterocycles. The van der Waals surface area contributed by atoms with Crippen LogP contribution < -0.4 is 16.2 Å². The summed E-state index contributed by atoms with van der Waals surface area (Å²) in [5.41, 5.74) is -0.552. The number of allylic oxidation sites excluding steroid dienone is 1. The fraction of sp³-hybridized carbons (Fsp3) is 0.385. The number of hydrogen-bond acceptors (Lipinski definition) is 7. The number of aromatic nitrogens is 4. The number of anilines is 1. The van der Waals surface area contributed by atoms with Crippen molar-refractivity contribution in [3.8, 4) is 0 Å². The van der Waals surface area contributed by atoms with Gasteiger partial charge in [-0.2, -0.15) is 13.2 Å². The predicted molar refractivity (Wildman–Crippen MR) is 143 cm³/mol. The summed E-state index contributed by atoms with van der Waals surface area (Å²) in [6.07, 6.45) is -1.52. The Hall–Kier alpha value is -4.76. The number of hydrogen-bond donors (Lipinski definition) is 3. The van der Waals surface area contributed by atoms with Gasteiger partial charge in [0.25, 0.3) is 5.56 Å². The minimum absolute atomic E-state index is 0.0683. The highest BCUT2D eigenvalue weighted by Gasteiger charge is 2.27. The minimum atomic E-state index is -4.43. The van der Waals surface area contributed by atoms with Gasteiger partial charge in [-0.15, -0.1) is 0 Å². The van der Waals surface area contributed by atoms with E-state index in [0.29, 0.717) is 0 Å². The number of nitrogens with zero attached hydrogens (tertiary/aromatic N) is 4. The minimum Gasteiger partial charge on any atom is -0.453 e. The van der Waals surface area contributed by atoms with Gasteiger partial charge in [0.1, 0.15) is 23.4 Å². The molecule has 0 fully saturated rings. The van der Waals surface area contributed by atoms with Gasteiger partial charge in [-0.1, -0.05) is 6.08 Å². The number of fused-ring (bicyclic) bond motifs is 1. The van der Waals surface area contributed by atoms with Crippen molar-refractivity contribution in [1.82, 2.24) is 29.7 Å². The number of alkyl carbamates (subject to hydrolysis) is 1. The maximum Gasteiger partial charge on any atom is 0.407 e. The molecule has 0 bridgehead atoms. The highest BCUT2D eigenvalue weighted by molar-refractivity contribution is 5.96. The molecular formula is C26H29F4N7O5. The maximum absolute atomic E-state index is 14.0. The van der Waals surface area contributed by atoms with Crippen LogP contribution in [-0.4, -0.2) is 75.7 Å². The van der Waals surface area contributed by atoms with Crippen LogP contribution in [0, 0.1) is 5.82 Å². The summed E-state index contributed by atoms with van der Waals surface area (Å²) in [7, 11) is 4.27. The van der Waals surface area contributed by atoms with Gasteiger partial charge >= 0.3 is 12.3 Å². The van der Waals surface area contributed by atoms with Crippen molar-refractivity contribution >= 4 is 34.6 Å². The number of imidazole rings is 1. The number of likely N-dealkylation sites (N-methyl/N-ethyl adjacent to an activating group) is 1. The van der Waals surface area contributed by atoms with E-state index in [0.717, 1.165) is 36.3 Å². The number of carbonyl (C=O) groups is 3. The third-order valence-corrected chi connectivity index (χ3v) is 5.96. The van der Waals surface area contributed by atoms with E-state index < -0.39 is 48.4 Å². The van der Waals surface area contributed by atoms with Crippen LogP contribution in [0.25, 0.3) is 11.0 Å². The normalized spacial score (nSPS) is 12.4. The monoisotopic (exact) mass is 595 g/mol. The number of ether oxygens (including phenoxy) is 1. The second-order valence-electron chi connectivity index (χ2n) is 9.39. The number of methoxy groups -OCH3 is 1. The van der Waals surface area contributed by atoms with Crippen LogP contribution in [0.5, 0.6) is 0 Å². The van der Waals surface area contributed by atoms with Crippen molar-refractivity contribution in [2.24, 2.45) is 0 Å². The standard InChI is InChI=1S/C26H29F4N7O5/c1-36(2)21(38)7-5-4-6-17(34-25(41)42-3)23(39)33-19-12-31-14-37(24(19)40)13-20-32-18-11-16(27)10-15(22(18)35-20)8-9-26(28,29)30/h5,7,10-12,14,17H,4,6,8-9,13H2,1-3H3,(H,32,35)(H,33,39)(H,34,41)/b7-5+/t17-/m0/s1. The Morgan fingerprint density at radius 3 is 2.64 bits per heavy atom. The Labute approximate surface area is 236 Å². The number of alkyl halides is 3. The van der Waals surface area contributed by atoms with Crippen molar-refractivity contribution in [3.05, 3.63) is 64.4 Å². The highest BCUT2D eigenvalue weighted by atomic mass is 19.4. The van der Waals surface area contributed by atoms with Gasteiger partial charge in [0.15, 0.2) is 0 Å². The van der Waals surface area contributed by atoms with E-state index in [1.54, 1.807) is 14.1 Å². The number of aryl methyl sites for hydroxylation is 1. The van der Waals surface area contributed by atoms with E-state index in [-0.39, 0.29) is 53.4 Å². The van der Waals surface area contributed by atoms with Gasteiger partial charge in [0, 0.05) is 26.6 Å². The lowest BCUT2D eigenvalue weighted by Gasteiger charge is -2.17. The number of amides is 3. The molecule has 12 nitrogen and oxygen atoms in total. The summed E-state index contributed by atoms with van der Waals surface area (Å²) in [4.78, 5) is 61.8. The lowest BCUT2D eigenvalue weighted by Crippen LogP contribution is -2.44. The molecule has 3 amide bonds. The first kappa shape index (κ1) is 31.8. The molecule has 0 aliphatic heterocycles. The van der Waals surface area contributed by atoms with Gasteiger partial charge in [0.05, 0.1) is 37.2 Å². The summed E-state index contributed by atoms with van der Waals surface area (Å²) in [5.74, 6) is -1.63. The summed E-state index contributed by atoms with van der Waals surface area (Å²) < 4.78 is 57.9. The Balaban J connectivity index is 1.78. The smallest absolute Gasteiger partial charge is 0.407 e. The lowest BCUT2D eigenvalue weighted by molar-refractivity contribution is -0.134. The van der Waals surface area contributed by atoms with Crippen LogP contribution in [0.1, 0.15) is 30.7 Å². The highest BCUT2D eigenvalue weighted by Crippen LogP contribution is 2.26. The first-order valence-corrected chi connectivity index (χ1v) is 12.6. The second kappa shape index (κ2) is 13.7. The molecule has 0 saturated carbocycles. The Bertz CT molecular complexity index is 1530. The first-order chi connectivity index (χ1) is 19.8. The molecule has 1 atom stereocenters. The Morgan fingerprint density at radius 1 is 1.24 bits per heavy atom. The van der Waals surface area contributed by atoms with Crippen molar-refractivity contribution in [2.75, 3.05) is 26.5 Å². The lowest BCUT2D eigenvalue weighted by atomic mass is 10.1. The molecular weight excluding hydrogens is 566 g/mol. The van der Waals surface area contributed by atoms with E-state index >= 15 is 0 Å². The Kier molecular flexibility index (Phi) is 10.4. The zero-order valence-corrected chi connectivity index (χ0v) is 22.9. The molecule has 0 radical (unpaired) electrons. The molecule has 3 aromatic rings. The van der Waals surface area contributed by atoms with Crippen LogP contribution in [0.2, 0.25) is 0 Å². The molecule has 0 unspecified atom stereocenters. The van der Waals surface area contributed by atoms with E-state index in [1.165, 1.54) is 17.1 Å². The number of halogens is 4. The van der Waals surface area contributed by atoms with Crippen molar-refractivity contribution in [1.29, 1.82) is 0 Å². The van der Waals surface area contributed by atoms with Crippen molar-refractivity contribution in [3.63, 3.8) is 0 Å². The second-order valence-corrected chi connectivity index (χ2v) is 9.39. The van der Waals surface area contributed by atoms with E-state index in [9.17, 15) is 36.7 Å². The molecule has 226 valence electrons. The number of carbonyl (C=O) groups excluding carboxylic acids is 3. The fourth-order valence-corrected chi connectivity index (χ4v) is 3.84. The summed E-state index contributed by atoms with van der Waals surface area (Å²) in [6.45, 7) is -0.223. The molecule has 42 heavy (non-hydrogen) atoms. The number of H-pyrrole nitrogens is 1. The van der Waals surface area contributed by atoms with E-state index in [2.05, 4.69) is 30.3 Å². The molecule has 3 N–H and O–H groups in total. The zero-order valence-electron chi connectivity index (χ0n) is 22.9. The Morgan fingerprint density at radius 2 is 1.98 bits per heavy atom.